The van der Waals surface area contributed by atoms with E-state index in [1.807, 2.05) is 36.4 Å². The lowest BCUT2D eigenvalue weighted by Gasteiger charge is -2.16. The third kappa shape index (κ3) is 2.95. The van der Waals surface area contributed by atoms with Crippen molar-refractivity contribution in [3.05, 3.63) is 59.1 Å². The van der Waals surface area contributed by atoms with Gasteiger partial charge in [0.05, 0.1) is 12.7 Å². The first-order chi connectivity index (χ1) is 9.13. The molecule has 0 aliphatic carbocycles. The first-order valence-electron chi connectivity index (χ1n) is 5.80. The molecule has 0 atom stereocenters. The van der Waals surface area contributed by atoms with Crippen LogP contribution in [-0.4, -0.2) is 25.1 Å². The summed E-state index contributed by atoms with van der Waals surface area (Å²) in [7, 11) is 3.02. The van der Waals surface area contributed by atoms with Crippen molar-refractivity contribution in [1.82, 2.24) is 5.06 Å². The van der Waals surface area contributed by atoms with Crippen molar-refractivity contribution in [3.63, 3.8) is 0 Å². The minimum Gasteiger partial charge on any atom is -0.274 e. The standard InChI is InChI=1S/C15H14ClNO2/c1-17(19-2)15(18)14-10-12(16)8-9-13(14)11-6-4-3-5-7-11/h3-10H,1-2H3. The van der Waals surface area contributed by atoms with E-state index in [2.05, 4.69) is 0 Å². The Morgan fingerprint density at radius 2 is 1.84 bits per heavy atom. The molecule has 2 aromatic rings. The van der Waals surface area contributed by atoms with Crippen molar-refractivity contribution in [2.45, 2.75) is 0 Å². The van der Waals surface area contributed by atoms with E-state index in [-0.39, 0.29) is 5.91 Å². The number of amides is 1. The first-order valence-corrected chi connectivity index (χ1v) is 6.18. The Balaban J connectivity index is 2.53. The Morgan fingerprint density at radius 1 is 1.16 bits per heavy atom. The molecule has 19 heavy (non-hydrogen) atoms. The van der Waals surface area contributed by atoms with E-state index in [9.17, 15) is 4.79 Å². The van der Waals surface area contributed by atoms with Crippen LogP contribution in [0.3, 0.4) is 0 Å². The summed E-state index contributed by atoms with van der Waals surface area (Å²) < 4.78 is 0. The van der Waals surface area contributed by atoms with E-state index < -0.39 is 0 Å². The van der Waals surface area contributed by atoms with Crippen LogP contribution in [0.2, 0.25) is 5.02 Å². The summed E-state index contributed by atoms with van der Waals surface area (Å²) in [5.74, 6) is -0.233. The van der Waals surface area contributed by atoms with E-state index in [1.165, 1.54) is 12.2 Å². The highest BCUT2D eigenvalue weighted by Crippen LogP contribution is 2.27. The van der Waals surface area contributed by atoms with Gasteiger partial charge in [-0.15, -0.1) is 0 Å². The molecule has 2 aromatic carbocycles. The lowest BCUT2D eigenvalue weighted by atomic mass is 9.99. The maximum absolute atomic E-state index is 12.3. The number of benzene rings is 2. The smallest absolute Gasteiger partial charge is 0.274 e. The lowest BCUT2D eigenvalue weighted by Crippen LogP contribution is -2.25. The van der Waals surface area contributed by atoms with Gasteiger partial charge in [-0.05, 0) is 23.3 Å². The van der Waals surface area contributed by atoms with Gasteiger partial charge in [-0.25, -0.2) is 5.06 Å². The summed E-state index contributed by atoms with van der Waals surface area (Å²) in [6.07, 6.45) is 0. The number of rotatable bonds is 3. The number of hydrogen-bond acceptors (Lipinski definition) is 2. The number of hydroxylamine groups is 2. The molecule has 0 aliphatic heterocycles. The van der Waals surface area contributed by atoms with Gasteiger partial charge in [0.15, 0.2) is 0 Å². The minimum atomic E-state index is -0.233. The molecule has 0 fully saturated rings. The maximum atomic E-state index is 12.3. The zero-order valence-electron chi connectivity index (χ0n) is 10.8. The third-order valence-corrected chi connectivity index (χ3v) is 3.09. The molecule has 98 valence electrons. The average molecular weight is 276 g/mol. The SMILES string of the molecule is CON(C)C(=O)c1cc(Cl)ccc1-c1ccccc1. The molecule has 1 amide bonds. The fourth-order valence-electron chi connectivity index (χ4n) is 1.82. The molecule has 3 nitrogen and oxygen atoms in total. The van der Waals surface area contributed by atoms with Crippen LogP contribution < -0.4 is 0 Å². The van der Waals surface area contributed by atoms with Crippen LogP contribution in [0.5, 0.6) is 0 Å². The summed E-state index contributed by atoms with van der Waals surface area (Å²) in [6, 6.07) is 15.0. The van der Waals surface area contributed by atoms with Crippen LogP contribution in [0, 0.1) is 0 Å². The first kappa shape index (κ1) is 13.6. The van der Waals surface area contributed by atoms with Crippen molar-refractivity contribution in [2.75, 3.05) is 14.2 Å². The quantitative estimate of drug-likeness (QED) is 0.801. The van der Waals surface area contributed by atoms with Gasteiger partial charge in [0.2, 0.25) is 0 Å². The summed E-state index contributed by atoms with van der Waals surface area (Å²) >= 11 is 5.98. The van der Waals surface area contributed by atoms with Gasteiger partial charge < -0.3 is 0 Å². The fourth-order valence-corrected chi connectivity index (χ4v) is 1.99. The Bertz CT molecular complexity index is 584. The Hall–Kier alpha value is -1.84. The van der Waals surface area contributed by atoms with Crippen molar-refractivity contribution in [1.29, 1.82) is 0 Å². The van der Waals surface area contributed by atoms with Crippen molar-refractivity contribution in [3.8, 4) is 11.1 Å². The molecule has 0 heterocycles. The highest BCUT2D eigenvalue weighted by molar-refractivity contribution is 6.31. The van der Waals surface area contributed by atoms with Crippen LogP contribution in [0.1, 0.15) is 10.4 Å². The molecule has 0 saturated carbocycles. The molecule has 0 aromatic heterocycles. The van der Waals surface area contributed by atoms with Gasteiger partial charge in [0, 0.05) is 12.1 Å². The molecule has 0 saturated heterocycles. The van der Waals surface area contributed by atoms with Crippen molar-refractivity contribution >= 4 is 17.5 Å². The number of carbonyl (C=O) groups is 1. The zero-order chi connectivity index (χ0) is 13.8. The second-order valence-corrected chi connectivity index (χ2v) is 4.48. The van der Waals surface area contributed by atoms with Gasteiger partial charge in [0.1, 0.15) is 0 Å². The second-order valence-electron chi connectivity index (χ2n) is 4.04. The van der Waals surface area contributed by atoms with E-state index >= 15 is 0 Å². The molecular weight excluding hydrogens is 262 g/mol. The molecule has 0 radical (unpaired) electrons. The molecule has 0 aliphatic rings. The maximum Gasteiger partial charge on any atom is 0.277 e. The van der Waals surface area contributed by atoms with Crippen LogP contribution >= 0.6 is 11.6 Å². The highest BCUT2D eigenvalue weighted by atomic mass is 35.5. The summed E-state index contributed by atoms with van der Waals surface area (Å²) in [5, 5.41) is 1.70. The molecule has 4 heteroatoms. The predicted octanol–water partition coefficient (Wildman–Crippen LogP) is 3.64. The average Bonchev–Trinajstić information content (AvgIpc) is 2.46. The molecule has 0 unspecified atom stereocenters. The number of halogens is 1. The largest absolute Gasteiger partial charge is 0.277 e. The molecule has 0 spiro atoms. The van der Waals surface area contributed by atoms with E-state index in [0.29, 0.717) is 10.6 Å². The Labute approximate surface area is 117 Å². The van der Waals surface area contributed by atoms with Gasteiger partial charge in [-0.2, -0.15) is 0 Å². The molecule has 2 rings (SSSR count). The van der Waals surface area contributed by atoms with Crippen LogP contribution in [-0.2, 0) is 4.84 Å². The van der Waals surface area contributed by atoms with Gasteiger partial charge in [-0.3, -0.25) is 9.63 Å². The highest BCUT2D eigenvalue weighted by Gasteiger charge is 2.17. The fraction of sp³-hybridized carbons (Fsp3) is 0.133. The summed E-state index contributed by atoms with van der Waals surface area (Å²) in [4.78, 5) is 17.2. The number of carbonyl (C=O) groups excluding carboxylic acids is 1. The van der Waals surface area contributed by atoms with Gasteiger partial charge in [0.25, 0.3) is 5.91 Å². The van der Waals surface area contributed by atoms with Crippen LogP contribution in [0.25, 0.3) is 11.1 Å². The van der Waals surface area contributed by atoms with Crippen LogP contribution in [0.4, 0.5) is 0 Å². The summed E-state index contributed by atoms with van der Waals surface area (Å²) in [5.41, 5.74) is 2.31. The van der Waals surface area contributed by atoms with Gasteiger partial charge >= 0.3 is 0 Å². The lowest BCUT2D eigenvalue weighted by molar-refractivity contribution is -0.0756. The van der Waals surface area contributed by atoms with E-state index in [0.717, 1.165) is 11.1 Å². The van der Waals surface area contributed by atoms with Crippen LogP contribution in [0.15, 0.2) is 48.5 Å². The number of nitrogens with zero attached hydrogens (tertiary/aromatic N) is 1. The molecule has 0 bridgehead atoms. The normalized spacial score (nSPS) is 10.3. The monoisotopic (exact) mass is 275 g/mol. The number of hydrogen-bond donors (Lipinski definition) is 0. The van der Waals surface area contributed by atoms with Crippen molar-refractivity contribution < 1.29 is 9.63 Å². The topological polar surface area (TPSA) is 29.5 Å². The third-order valence-electron chi connectivity index (χ3n) is 2.86. The minimum absolute atomic E-state index is 0.233. The predicted molar refractivity (Wildman–Crippen MR) is 76.0 cm³/mol. The van der Waals surface area contributed by atoms with E-state index in [1.54, 1.807) is 19.2 Å². The van der Waals surface area contributed by atoms with Gasteiger partial charge in [-0.1, -0.05) is 48.0 Å². The Kier molecular flexibility index (Phi) is 4.20. The molecular formula is C15H14ClNO2. The second kappa shape index (κ2) is 5.87. The zero-order valence-corrected chi connectivity index (χ0v) is 11.5. The van der Waals surface area contributed by atoms with Crippen molar-refractivity contribution in [2.24, 2.45) is 0 Å². The Morgan fingerprint density at radius 3 is 2.47 bits per heavy atom. The molecule has 0 N–H and O–H groups in total. The summed E-state index contributed by atoms with van der Waals surface area (Å²) in [6.45, 7) is 0. The van der Waals surface area contributed by atoms with E-state index in [4.69, 9.17) is 16.4 Å².